The van der Waals surface area contributed by atoms with Crippen LogP contribution in [0.5, 0.6) is 0 Å². The highest BCUT2D eigenvalue weighted by Crippen LogP contribution is 2.30. The summed E-state index contributed by atoms with van der Waals surface area (Å²) in [7, 11) is 1.40. The van der Waals surface area contributed by atoms with Gasteiger partial charge in [0.2, 0.25) is 5.12 Å². The third kappa shape index (κ3) is 3.64. The number of hydrogen-bond acceptors (Lipinski definition) is 9. The quantitative estimate of drug-likeness (QED) is 0.415. The molecule has 0 aliphatic heterocycles. The SMILES string of the molecule is CO/N=C(\C(=O)Sc1nc2ccccc2s1)c1csc(C(C)N)n1. The van der Waals surface area contributed by atoms with E-state index in [2.05, 4.69) is 15.1 Å². The molecule has 2 N–H and O–H groups in total. The van der Waals surface area contributed by atoms with Crippen molar-refractivity contribution >= 4 is 55.5 Å². The van der Waals surface area contributed by atoms with Crippen LogP contribution in [-0.4, -0.2) is 27.9 Å². The number of aromatic nitrogens is 2. The molecule has 0 saturated carbocycles. The molecule has 124 valence electrons. The van der Waals surface area contributed by atoms with Gasteiger partial charge in [0.25, 0.3) is 0 Å². The number of fused-ring (bicyclic) bond motifs is 1. The monoisotopic (exact) mass is 378 g/mol. The zero-order valence-corrected chi connectivity index (χ0v) is 15.4. The van der Waals surface area contributed by atoms with Gasteiger partial charge in [0.1, 0.15) is 17.8 Å². The zero-order chi connectivity index (χ0) is 17.1. The average molecular weight is 379 g/mol. The van der Waals surface area contributed by atoms with E-state index in [9.17, 15) is 4.79 Å². The number of para-hydroxylation sites is 1. The van der Waals surface area contributed by atoms with Crippen molar-refractivity contribution in [3.63, 3.8) is 0 Å². The van der Waals surface area contributed by atoms with Gasteiger partial charge in [-0.15, -0.1) is 22.7 Å². The van der Waals surface area contributed by atoms with Crippen molar-refractivity contribution in [3.8, 4) is 0 Å². The lowest BCUT2D eigenvalue weighted by Gasteiger charge is -2.01. The number of carbonyl (C=O) groups is 1. The molecule has 1 atom stereocenters. The van der Waals surface area contributed by atoms with Crippen molar-refractivity contribution in [1.29, 1.82) is 0 Å². The third-order valence-corrected chi connectivity index (χ3v) is 6.01. The summed E-state index contributed by atoms with van der Waals surface area (Å²) in [6.07, 6.45) is 0. The van der Waals surface area contributed by atoms with Gasteiger partial charge in [-0.2, -0.15) is 0 Å². The summed E-state index contributed by atoms with van der Waals surface area (Å²) in [4.78, 5) is 26.2. The van der Waals surface area contributed by atoms with Crippen LogP contribution in [0.25, 0.3) is 10.2 Å². The van der Waals surface area contributed by atoms with E-state index in [-0.39, 0.29) is 16.9 Å². The molecule has 0 aliphatic carbocycles. The van der Waals surface area contributed by atoms with Gasteiger partial charge in [-0.1, -0.05) is 17.3 Å². The van der Waals surface area contributed by atoms with Gasteiger partial charge in [-0.3, -0.25) is 4.79 Å². The Morgan fingerprint density at radius 3 is 2.83 bits per heavy atom. The Bertz CT molecular complexity index is 868. The highest BCUT2D eigenvalue weighted by molar-refractivity contribution is 8.16. The van der Waals surface area contributed by atoms with Crippen LogP contribution < -0.4 is 5.73 Å². The Morgan fingerprint density at radius 1 is 1.38 bits per heavy atom. The number of nitrogens with zero attached hydrogens (tertiary/aromatic N) is 3. The van der Waals surface area contributed by atoms with E-state index in [1.54, 1.807) is 5.38 Å². The van der Waals surface area contributed by atoms with Crippen LogP contribution in [0.3, 0.4) is 0 Å². The molecule has 2 aromatic heterocycles. The predicted molar refractivity (Wildman–Crippen MR) is 98.7 cm³/mol. The normalized spacial score (nSPS) is 13.2. The fraction of sp³-hybridized carbons (Fsp3) is 0.200. The van der Waals surface area contributed by atoms with Crippen LogP contribution in [0.4, 0.5) is 0 Å². The average Bonchev–Trinajstić information content (AvgIpc) is 3.18. The number of oxime groups is 1. The Morgan fingerprint density at radius 2 is 2.17 bits per heavy atom. The molecule has 0 aliphatic rings. The van der Waals surface area contributed by atoms with Crippen molar-refractivity contribution < 1.29 is 9.63 Å². The first-order valence-corrected chi connectivity index (χ1v) is 9.50. The molecule has 6 nitrogen and oxygen atoms in total. The Labute approximate surface area is 150 Å². The van der Waals surface area contributed by atoms with Crippen LogP contribution in [0.1, 0.15) is 23.7 Å². The van der Waals surface area contributed by atoms with Crippen LogP contribution in [0, 0.1) is 0 Å². The molecule has 3 aromatic rings. The molecule has 0 bridgehead atoms. The molecule has 1 aromatic carbocycles. The summed E-state index contributed by atoms with van der Waals surface area (Å²) < 4.78 is 1.69. The third-order valence-electron chi connectivity index (χ3n) is 2.98. The van der Waals surface area contributed by atoms with Crippen molar-refractivity contribution in [1.82, 2.24) is 9.97 Å². The molecule has 2 heterocycles. The summed E-state index contributed by atoms with van der Waals surface area (Å²) in [6.45, 7) is 1.84. The van der Waals surface area contributed by atoms with Crippen molar-refractivity contribution in [2.24, 2.45) is 10.9 Å². The Hall–Kier alpha value is -1.81. The Balaban J connectivity index is 1.85. The largest absolute Gasteiger partial charge is 0.398 e. The predicted octanol–water partition coefficient (Wildman–Crippen LogP) is 3.44. The van der Waals surface area contributed by atoms with Gasteiger partial charge in [-0.25, -0.2) is 9.97 Å². The second-order valence-corrected chi connectivity index (χ2v) is 7.96. The lowest BCUT2D eigenvalue weighted by molar-refractivity contribution is -0.105. The van der Waals surface area contributed by atoms with Crippen LogP contribution in [0.2, 0.25) is 0 Å². The van der Waals surface area contributed by atoms with E-state index in [0.29, 0.717) is 10.0 Å². The standard InChI is InChI=1S/C15H14N4O2S3/c1-8(16)13-17-10(7-22-13)12(19-21-2)14(20)24-15-18-9-5-3-4-6-11(9)23-15/h3-8H,16H2,1-2H3/b19-12-. The Kier molecular flexibility index (Phi) is 5.24. The number of nitrogens with two attached hydrogens (primary N) is 1. The van der Waals surface area contributed by atoms with Crippen molar-refractivity contribution in [2.75, 3.05) is 7.11 Å². The topological polar surface area (TPSA) is 90.5 Å². The second-order valence-electron chi connectivity index (χ2n) is 4.82. The van der Waals surface area contributed by atoms with Gasteiger partial charge >= 0.3 is 0 Å². The highest BCUT2D eigenvalue weighted by Gasteiger charge is 2.22. The summed E-state index contributed by atoms with van der Waals surface area (Å²) >= 11 is 3.88. The molecular weight excluding hydrogens is 364 g/mol. The summed E-state index contributed by atoms with van der Waals surface area (Å²) in [5.74, 6) is 0. The first-order chi connectivity index (χ1) is 11.6. The maximum Gasteiger partial charge on any atom is 0.250 e. The molecular formula is C15H14N4O2S3. The van der Waals surface area contributed by atoms with Crippen molar-refractivity contribution in [2.45, 2.75) is 17.3 Å². The number of carbonyl (C=O) groups excluding carboxylic acids is 1. The minimum Gasteiger partial charge on any atom is -0.398 e. The van der Waals surface area contributed by atoms with Gasteiger partial charge in [0.15, 0.2) is 10.1 Å². The fourth-order valence-corrected chi connectivity index (χ4v) is 4.57. The minimum absolute atomic E-state index is 0.157. The first-order valence-electron chi connectivity index (χ1n) is 6.98. The maximum absolute atomic E-state index is 12.6. The molecule has 1 unspecified atom stereocenters. The van der Waals surface area contributed by atoms with Crippen LogP contribution in [-0.2, 0) is 9.63 Å². The van der Waals surface area contributed by atoms with Gasteiger partial charge in [0.05, 0.1) is 16.3 Å². The summed E-state index contributed by atoms with van der Waals surface area (Å²) in [6, 6.07) is 7.56. The maximum atomic E-state index is 12.6. The van der Waals surface area contributed by atoms with E-state index in [1.165, 1.54) is 29.8 Å². The number of thiazole rings is 2. The van der Waals surface area contributed by atoms with Gasteiger partial charge < -0.3 is 10.6 Å². The van der Waals surface area contributed by atoms with E-state index in [1.807, 2.05) is 31.2 Å². The van der Waals surface area contributed by atoms with E-state index in [0.717, 1.165) is 27.0 Å². The van der Waals surface area contributed by atoms with E-state index >= 15 is 0 Å². The molecule has 9 heteroatoms. The summed E-state index contributed by atoms with van der Waals surface area (Å²) in [5.41, 5.74) is 7.32. The second kappa shape index (κ2) is 7.39. The molecule has 0 spiro atoms. The molecule has 0 radical (unpaired) electrons. The molecule has 0 amide bonds. The number of benzene rings is 1. The highest BCUT2D eigenvalue weighted by atomic mass is 32.2. The van der Waals surface area contributed by atoms with Crippen LogP contribution in [0.15, 0.2) is 39.1 Å². The van der Waals surface area contributed by atoms with Gasteiger partial charge in [0, 0.05) is 5.38 Å². The number of thioether (sulfide) groups is 1. The first kappa shape index (κ1) is 17.0. The van der Waals surface area contributed by atoms with E-state index in [4.69, 9.17) is 10.6 Å². The molecule has 0 saturated heterocycles. The van der Waals surface area contributed by atoms with E-state index < -0.39 is 0 Å². The van der Waals surface area contributed by atoms with Crippen molar-refractivity contribution in [3.05, 3.63) is 40.3 Å². The summed E-state index contributed by atoms with van der Waals surface area (Å²) in [5, 5.41) is 6.08. The fourth-order valence-electron chi connectivity index (χ4n) is 1.91. The molecule has 0 fully saturated rings. The minimum atomic E-state index is -0.266. The smallest absolute Gasteiger partial charge is 0.250 e. The number of rotatable bonds is 5. The zero-order valence-electron chi connectivity index (χ0n) is 12.9. The lowest BCUT2D eigenvalue weighted by atomic mass is 10.3. The van der Waals surface area contributed by atoms with Crippen LogP contribution >= 0.6 is 34.4 Å². The molecule has 24 heavy (non-hydrogen) atoms. The molecule has 3 rings (SSSR count). The van der Waals surface area contributed by atoms with Gasteiger partial charge in [-0.05, 0) is 30.8 Å². The lowest BCUT2D eigenvalue weighted by Crippen LogP contribution is -2.14. The number of hydrogen-bond donors (Lipinski definition) is 1.